The molecule has 0 saturated heterocycles. The van der Waals surface area contributed by atoms with Gasteiger partial charge in [0, 0.05) is 5.02 Å². The lowest BCUT2D eigenvalue weighted by molar-refractivity contribution is 0.643. The second-order valence-electron chi connectivity index (χ2n) is 5.81. The van der Waals surface area contributed by atoms with Crippen molar-refractivity contribution in [2.45, 2.75) is 32.6 Å². The minimum Gasteiger partial charge on any atom is -0.0843 e. The summed E-state index contributed by atoms with van der Waals surface area (Å²) in [6.45, 7) is 4.51. The van der Waals surface area contributed by atoms with E-state index in [-0.39, 0.29) is 0 Å². The molecule has 3 aromatic carbocycles. The summed E-state index contributed by atoms with van der Waals surface area (Å²) in [5.74, 6) is 0.582. The zero-order chi connectivity index (χ0) is 15.5. The molecule has 22 heavy (non-hydrogen) atoms. The Bertz CT molecular complexity index is 785. The van der Waals surface area contributed by atoms with E-state index >= 15 is 0 Å². The molecule has 0 radical (unpaired) electrons. The number of rotatable bonds is 4. The molecule has 0 aliphatic carbocycles. The Morgan fingerprint density at radius 1 is 0.818 bits per heavy atom. The molecule has 0 fully saturated rings. The van der Waals surface area contributed by atoms with Gasteiger partial charge in [0.1, 0.15) is 0 Å². The van der Waals surface area contributed by atoms with E-state index in [1.165, 1.54) is 27.5 Å². The third-order valence-electron chi connectivity index (χ3n) is 4.50. The van der Waals surface area contributed by atoms with Crippen LogP contribution in [0, 0.1) is 0 Å². The summed E-state index contributed by atoms with van der Waals surface area (Å²) in [5, 5.41) is 3.35. The van der Waals surface area contributed by atoms with E-state index in [0.29, 0.717) is 5.92 Å². The smallest absolute Gasteiger partial charge is 0.0412 e. The highest BCUT2D eigenvalue weighted by Crippen LogP contribution is 2.36. The lowest BCUT2D eigenvalue weighted by atomic mass is 9.87. The molecule has 3 aromatic rings. The monoisotopic (exact) mass is 308 g/mol. The average molecular weight is 309 g/mol. The zero-order valence-electron chi connectivity index (χ0n) is 13.1. The van der Waals surface area contributed by atoms with Crippen LogP contribution in [0.5, 0.6) is 0 Å². The molecule has 0 heterocycles. The van der Waals surface area contributed by atoms with Crippen molar-refractivity contribution in [2.75, 3.05) is 0 Å². The summed E-state index contributed by atoms with van der Waals surface area (Å²) in [4.78, 5) is 0. The van der Waals surface area contributed by atoms with Gasteiger partial charge >= 0.3 is 0 Å². The van der Waals surface area contributed by atoms with E-state index < -0.39 is 0 Å². The Kier molecular flexibility index (Phi) is 4.49. The van der Waals surface area contributed by atoms with E-state index in [4.69, 9.17) is 11.6 Å². The second-order valence-corrected chi connectivity index (χ2v) is 6.24. The van der Waals surface area contributed by atoms with E-state index in [2.05, 4.69) is 68.4 Å². The fourth-order valence-corrected chi connectivity index (χ4v) is 3.39. The highest BCUT2D eigenvalue weighted by atomic mass is 35.5. The first-order valence-electron chi connectivity index (χ1n) is 8.01. The van der Waals surface area contributed by atoms with Gasteiger partial charge < -0.3 is 0 Å². The highest BCUT2D eigenvalue weighted by molar-refractivity contribution is 6.30. The molecule has 0 amide bonds. The summed E-state index contributed by atoms with van der Waals surface area (Å²) in [6.07, 6.45) is 2.30. The molecule has 0 unspecified atom stereocenters. The topological polar surface area (TPSA) is 0 Å². The molecule has 0 aliphatic rings. The van der Waals surface area contributed by atoms with Crippen LogP contribution in [0.4, 0.5) is 0 Å². The predicted octanol–water partition coefficient (Wildman–Crippen LogP) is 7.06. The van der Waals surface area contributed by atoms with Gasteiger partial charge in [0.25, 0.3) is 0 Å². The lowest BCUT2D eigenvalue weighted by Gasteiger charge is -2.18. The van der Waals surface area contributed by atoms with Gasteiger partial charge in [-0.05, 0) is 64.4 Å². The number of fused-ring (bicyclic) bond motifs is 1. The van der Waals surface area contributed by atoms with Crippen molar-refractivity contribution in [1.82, 2.24) is 0 Å². The Balaban J connectivity index is 2.18. The number of hydrogen-bond acceptors (Lipinski definition) is 0. The molecule has 3 rings (SSSR count). The maximum Gasteiger partial charge on any atom is 0.0412 e. The summed E-state index contributed by atoms with van der Waals surface area (Å²) < 4.78 is 0. The molecule has 0 aromatic heterocycles. The van der Waals surface area contributed by atoms with Gasteiger partial charge in [-0.2, -0.15) is 0 Å². The molecule has 0 N–H and O–H groups in total. The van der Waals surface area contributed by atoms with Crippen molar-refractivity contribution in [1.29, 1.82) is 0 Å². The number of halogens is 1. The van der Waals surface area contributed by atoms with Crippen LogP contribution < -0.4 is 0 Å². The van der Waals surface area contributed by atoms with Crippen LogP contribution in [0.1, 0.15) is 38.2 Å². The quantitative estimate of drug-likeness (QED) is 0.483. The maximum atomic E-state index is 6.28. The highest BCUT2D eigenvalue weighted by Gasteiger charge is 2.14. The second kappa shape index (κ2) is 6.54. The molecular formula is C21H21Cl. The standard InChI is InChI=1S/C21H21Cl/c1-3-15(4-2)20-12-11-19(22)14-21(20)18-10-9-16-7-5-6-8-17(16)13-18/h5-15H,3-4H2,1-2H3. The van der Waals surface area contributed by atoms with Crippen LogP contribution in [-0.2, 0) is 0 Å². The van der Waals surface area contributed by atoms with Gasteiger partial charge in [0.2, 0.25) is 0 Å². The average Bonchev–Trinajstić information content (AvgIpc) is 2.56. The van der Waals surface area contributed by atoms with Gasteiger partial charge in [0.05, 0.1) is 0 Å². The van der Waals surface area contributed by atoms with E-state index in [1.807, 2.05) is 6.07 Å². The van der Waals surface area contributed by atoms with Gasteiger partial charge in [-0.25, -0.2) is 0 Å². The van der Waals surface area contributed by atoms with Crippen molar-refractivity contribution < 1.29 is 0 Å². The molecule has 0 bridgehead atoms. The van der Waals surface area contributed by atoms with E-state index in [0.717, 1.165) is 17.9 Å². The van der Waals surface area contributed by atoms with Gasteiger partial charge in [-0.3, -0.25) is 0 Å². The van der Waals surface area contributed by atoms with Crippen molar-refractivity contribution >= 4 is 22.4 Å². The van der Waals surface area contributed by atoms with Crippen LogP contribution in [0.2, 0.25) is 5.02 Å². The normalized spacial score (nSPS) is 11.3. The molecule has 1 heteroatoms. The summed E-state index contributed by atoms with van der Waals surface area (Å²) in [6, 6.07) is 21.5. The number of benzene rings is 3. The first kappa shape index (κ1) is 15.1. The molecule has 0 saturated carbocycles. The SMILES string of the molecule is CCC(CC)c1ccc(Cl)cc1-c1ccc2ccccc2c1. The summed E-state index contributed by atoms with van der Waals surface area (Å²) in [7, 11) is 0. The minimum absolute atomic E-state index is 0.582. The fraction of sp³-hybridized carbons (Fsp3) is 0.238. The molecule has 0 atom stereocenters. The Labute approximate surface area is 137 Å². The Morgan fingerprint density at radius 2 is 1.55 bits per heavy atom. The predicted molar refractivity (Wildman–Crippen MR) is 97.7 cm³/mol. The molecule has 0 spiro atoms. The van der Waals surface area contributed by atoms with Crippen LogP contribution in [0.15, 0.2) is 60.7 Å². The molecule has 0 aliphatic heterocycles. The van der Waals surface area contributed by atoms with Crippen LogP contribution in [-0.4, -0.2) is 0 Å². The summed E-state index contributed by atoms with van der Waals surface area (Å²) in [5.41, 5.74) is 3.93. The number of hydrogen-bond donors (Lipinski definition) is 0. The molecule has 0 nitrogen and oxygen atoms in total. The van der Waals surface area contributed by atoms with E-state index in [1.54, 1.807) is 0 Å². The first-order valence-corrected chi connectivity index (χ1v) is 8.39. The third kappa shape index (κ3) is 2.89. The van der Waals surface area contributed by atoms with Crippen LogP contribution in [0.25, 0.3) is 21.9 Å². The van der Waals surface area contributed by atoms with Crippen molar-refractivity contribution in [2.24, 2.45) is 0 Å². The zero-order valence-corrected chi connectivity index (χ0v) is 13.9. The Hall–Kier alpha value is -1.79. The van der Waals surface area contributed by atoms with Gasteiger partial charge in [-0.1, -0.05) is 67.9 Å². The van der Waals surface area contributed by atoms with Crippen molar-refractivity contribution in [3.05, 3.63) is 71.2 Å². The van der Waals surface area contributed by atoms with Crippen LogP contribution >= 0.6 is 11.6 Å². The van der Waals surface area contributed by atoms with E-state index in [9.17, 15) is 0 Å². The molecular weight excluding hydrogens is 288 g/mol. The van der Waals surface area contributed by atoms with Crippen LogP contribution in [0.3, 0.4) is 0 Å². The largest absolute Gasteiger partial charge is 0.0843 e. The summed E-state index contributed by atoms with van der Waals surface area (Å²) >= 11 is 6.28. The van der Waals surface area contributed by atoms with Gasteiger partial charge in [0.15, 0.2) is 0 Å². The first-order chi connectivity index (χ1) is 10.7. The maximum absolute atomic E-state index is 6.28. The lowest BCUT2D eigenvalue weighted by Crippen LogP contribution is -1.98. The minimum atomic E-state index is 0.582. The van der Waals surface area contributed by atoms with Gasteiger partial charge in [-0.15, -0.1) is 0 Å². The molecule has 112 valence electrons. The van der Waals surface area contributed by atoms with Crippen molar-refractivity contribution in [3.63, 3.8) is 0 Å². The third-order valence-corrected chi connectivity index (χ3v) is 4.74. The fourth-order valence-electron chi connectivity index (χ4n) is 3.22. The Morgan fingerprint density at radius 3 is 2.27 bits per heavy atom. The van der Waals surface area contributed by atoms with Crippen molar-refractivity contribution in [3.8, 4) is 11.1 Å².